The smallest absolute Gasteiger partial charge is 0.179 e. The van der Waals surface area contributed by atoms with E-state index < -0.39 is 0 Å². The van der Waals surface area contributed by atoms with Crippen LogP contribution in [0, 0.1) is 6.92 Å². The molecule has 0 fully saturated rings. The van der Waals surface area contributed by atoms with Gasteiger partial charge in [-0.05, 0) is 37.0 Å². The second-order valence-corrected chi connectivity index (χ2v) is 6.84. The van der Waals surface area contributed by atoms with E-state index in [4.69, 9.17) is 0 Å². The molecular formula is C18H17N3OS. The van der Waals surface area contributed by atoms with Gasteiger partial charge in [0.15, 0.2) is 5.78 Å². The van der Waals surface area contributed by atoms with Gasteiger partial charge in [-0.2, -0.15) is 0 Å². The summed E-state index contributed by atoms with van der Waals surface area (Å²) in [5.74, 6) is 1.35. The predicted octanol–water partition coefficient (Wildman–Crippen LogP) is 4.38. The topological polar surface area (TPSA) is 47.8 Å². The molecule has 0 N–H and O–H groups in total. The molecule has 116 valence electrons. The molecule has 0 aliphatic heterocycles. The summed E-state index contributed by atoms with van der Waals surface area (Å²) in [5, 5.41) is 2.96. The SMILES string of the molecule is Cc1c(-c2nccs2)c2c(n1-c1ccccn1)C(=O)CCC2C. The first-order valence-corrected chi connectivity index (χ1v) is 8.66. The molecule has 4 rings (SSSR count). The minimum Gasteiger partial charge on any atom is -0.295 e. The summed E-state index contributed by atoms with van der Waals surface area (Å²) >= 11 is 1.62. The van der Waals surface area contributed by atoms with Crippen molar-refractivity contribution < 1.29 is 4.79 Å². The molecule has 5 heteroatoms. The van der Waals surface area contributed by atoms with Crippen LogP contribution in [-0.2, 0) is 0 Å². The molecule has 0 radical (unpaired) electrons. The zero-order chi connectivity index (χ0) is 16.0. The van der Waals surface area contributed by atoms with Crippen LogP contribution in [0.15, 0.2) is 36.0 Å². The van der Waals surface area contributed by atoms with Crippen LogP contribution in [0.1, 0.15) is 47.4 Å². The number of thiazole rings is 1. The van der Waals surface area contributed by atoms with Crippen LogP contribution < -0.4 is 0 Å². The van der Waals surface area contributed by atoms with Crippen LogP contribution in [0.5, 0.6) is 0 Å². The molecule has 23 heavy (non-hydrogen) atoms. The van der Waals surface area contributed by atoms with Crippen molar-refractivity contribution in [3.8, 4) is 16.4 Å². The van der Waals surface area contributed by atoms with Crippen molar-refractivity contribution in [1.82, 2.24) is 14.5 Å². The third-order valence-electron chi connectivity index (χ3n) is 4.53. The van der Waals surface area contributed by atoms with Gasteiger partial charge in [-0.3, -0.25) is 9.36 Å². The van der Waals surface area contributed by atoms with E-state index in [1.807, 2.05) is 34.3 Å². The Kier molecular flexibility index (Phi) is 3.38. The van der Waals surface area contributed by atoms with E-state index in [9.17, 15) is 4.79 Å². The summed E-state index contributed by atoms with van der Waals surface area (Å²) in [5.41, 5.74) is 4.09. The average Bonchev–Trinajstić information content (AvgIpc) is 3.18. The van der Waals surface area contributed by atoms with Gasteiger partial charge in [0.2, 0.25) is 0 Å². The lowest BCUT2D eigenvalue weighted by atomic mass is 9.85. The van der Waals surface area contributed by atoms with Gasteiger partial charge in [0, 0.05) is 35.5 Å². The maximum Gasteiger partial charge on any atom is 0.179 e. The van der Waals surface area contributed by atoms with Gasteiger partial charge in [-0.1, -0.05) is 13.0 Å². The largest absolute Gasteiger partial charge is 0.295 e. The van der Waals surface area contributed by atoms with Crippen molar-refractivity contribution in [2.75, 3.05) is 0 Å². The van der Waals surface area contributed by atoms with Gasteiger partial charge in [-0.15, -0.1) is 11.3 Å². The van der Waals surface area contributed by atoms with Crippen molar-refractivity contribution in [2.24, 2.45) is 0 Å². The van der Waals surface area contributed by atoms with Gasteiger partial charge in [-0.25, -0.2) is 9.97 Å². The molecule has 1 unspecified atom stereocenters. The fraction of sp³-hybridized carbons (Fsp3) is 0.278. The van der Waals surface area contributed by atoms with E-state index in [2.05, 4.69) is 23.8 Å². The molecule has 0 bridgehead atoms. The summed E-state index contributed by atoms with van der Waals surface area (Å²) in [7, 11) is 0. The van der Waals surface area contributed by atoms with E-state index in [1.54, 1.807) is 17.5 Å². The zero-order valence-electron chi connectivity index (χ0n) is 13.1. The highest BCUT2D eigenvalue weighted by Gasteiger charge is 2.34. The predicted molar refractivity (Wildman–Crippen MR) is 91.4 cm³/mol. The lowest BCUT2D eigenvalue weighted by molar-refractivity contribution is 0.0961. The minimum absolute atomic E-state index is 0.203. The molecule has 1 atom stereocenters. The molecule has 3 heterocycles. The lowest BCUT2D eigenvalue weighted by Gasteiger charge is -2.20. The number of carbonyl (C=O) groups is 1. The van der Waals surface area contributed by atoms with Gasteiger partial charge in [0.25, 0.3) is 0 Å². The highest BCUT2D eigenvalue weighted by molar-refractivity contribution is 7.13. The number of aromatic nitrogens is 3. The molecule has 0 spiro atoms. The van der Waals surface area contributed by atoms with E-state index in [0.717, 1.165) is 39.8 Å². The summed E-state index contributed by atoms with van der Waals surface area (Å²) in [6.07, 6.45) is 5.08. The first-order valence-electron chi connectivity index (χ1n) is 7.78. The van der Waals surface area contributed by atoms with Gasteiger partial charge >= 0.3 is 0 Å². The second kappa shape index (κ2) is 5.42. The van der Waals surface area contributed by atoms with Crippen LogP contribution in [-0.4, -0.2) is 20.3 Å². The van der Waals surface area contributed by atoms with Crippen LogP contribution in [0.2, 0.25) is 0 Å². The van der Waals surface area contributed by atoms with E-state index in [0.29, 0.717) is 12.3 Å². The number of hydrogen-bond acceptors (Lipinski definition) is 4. The van der Waals surface area contributed by atoms with Crippen LogP contribution in [0.25, 0.3) is 16.4 Å². The molecular weight excluding hydrogens is 306 g/mol. The van der Waals surface area contributed by atoms with E-state index >= 15 is 0 Å². The van der Waals surface area contributed by atoms with Crippen molar-refractivity contribution in [1.29, 1.82) is 0 Å². The zero-order valence-corrected chi connectivity index (χ0v) is 13.9. The maximum absolute atomic E-state index is 12.7. The summed E-state index contributed by atoms with van der Waals surface area (Å²) < 4.78 is 2.02. The highest BCUT2D eigenvalue weighted by atomic mass is 32.1. The molecule has 4 nitrogen and oxygen atoms in total. The van der Waals surface area contributed by atoms with Crippen LogP contribution >= 0.6 is 11.3 Å². The summed E-state index contributed by atoms with van der Waals surface area (Å²) in [4.78, 5) is 21.7. The molecule has 0 aromatic carbocycles. The van der Waals surface area contributed by atoms with Gasteiger partial charge in [0.1, 0.15) is 10.8 Å². The summed E-state index contributed by atoms with van der Waals surface area (Å²) in [6, 6.07) is 5.79. The van der Waals surface area contributed by atoms with E-state index in [-0.39, 0.29) is 5.78 Å². The van der Waals surface area contributed by atoms with Crippen molar-refractivity contribution in [3.05, 3.63) is 52.9 Å². The third kappa shape index (κ3) is 2.15. The molecule has 1 aliphatic rings. The van der Waals surface area contributed by atoms with Crippen molar-refractivity contribution >= 4 is 17.1 Å². The Morgan fingerprint density at radius 3 is 2.83 bits per heavy atom. The standard InChI is InChI=1S/C18H17N3OS/c1-11-6-7-13(22)17-15(11)16(18-20-9-10-23-18)12(2)21(17)14-5-3-4-8-19-14/h3-5,8-11H,6-7H2,1-2H3. The van der Waals surface area contributed by atoms with Gasteiger partial charge < -0.3 is 0 Å². The first-order chi connectivity index (χ1) is 11.2. The molecule has 3 aromatic rings. The normalized spacial score (nSPS) is 17.3. The lowest BCUT2D eigenvalue weighted by Crippen LogP contribution is -2.17. The maximum atomic E-state index is 12.7. The monoisotopic (exact) mass is 323 g/mol. The van der Waals surface area contributed by atoms with Crippen molar-refractivity contribution in [2.45, 2.75) is 32.6 Å². The Hall–Kier alpha value is -2.27. The van der Waals surface area contributed by atoms with Crippen LogP contribution in [0.3, 0.4) is 0 Å². The highest BCUT2D eigenvalue weighted by Crippen LogP contribution is 2.43. The quantitative estimate of drug-likeness (QED) is 0.703. The number of fused-ring (bicyclic) bond motifs is 1. The Morgan fingerprint density at radius 1 is 1.26 bits per heavy atom. The number of pyridine rings is 1. The Bertz CT molecular complexity index is 866. The Balaban J connectivity index is 2.08. The summed E-state index contributed by atoms with van der Waals surface area (Å²) in [6.45, 7) is 4.26. The van der Waals surface area contributed by atoms with E-state index in [1.165, 1.54) is 0 Å². The van der Waals surface area contributed by atoms with Crippen LogP contribution in [0.4, 0.5) is 0 Å². The van der Waals surface area contributed by atoms with Crippen molar-refractivity contribution in [3.63, 3.8) is 0 Å². The van der Waals surface area contributed by atoms with Gasteiger partial charge in [0.05, 0.1) is 5.69 Å². The third-order valence-corrected chi connectivity index (χ3v) is 5.32. The number of ketones is 1. The first kappa shape index (κ1) is 14.3. The molecule has 0 saturated carbocycles. The number of nitrogens with zero attached hydrogens (tertiary/aromatic N) is 3. The fourth-order valence-corrected chi connectivity index (χ4v) is 4.22. The molecule has 0 saturated heterocycles. The Labute approximate surface area is 138 Å². The molecule has 3 aromatic heterocycles. The number of Topliss-reactive ketones (excluding diaryl/α,β-unsaturated/α-hetero) is 1. The molecule has 0 amide bonds. The Morgan fingerprint density at radius 2 is 2.13 bits per heavy atom. The fourth-order valence-electron chi connectivity index (χ4n) is 3.47. The second-order valence-electron chi connectivity index (χ2n) is 5.95. The number of rotatable bonds is 2. The number of carbonyl (C=O) groups excluding carboxylic acids is 1. The number of hydrogen-bond donors (Lipinski definition) is 0. The molecule has 1 aliphatic carbocycles. The minimum atomic E-state index is 0.203. The average molecular weight is 323 g/mol.